The Bertz CT molecular complexity index is 323. The van der Waals surface area contributed by atoms with Crippen LogP contribution in [0, 0.1) is 0 Å². The normalized spacial score (nSPS) is 13.2. The maximum absolute atomic E-state index is 10.2. The number of thiophene rings is 1. The molecule has 0 fully saturated rings. The Labute approximate surface area is 119 Å². The number of aliphatic hydroxyl groups excluding tert-OH is 1. The molecule has 0 amide bonds. The van der Waals surface area contributed by atoms with Gasteiger partial charge >= 0.3 is 0 Å². The zero-order chi connectivity index (χ0) is 13.4. The topological polar surface area (TPSA) is 23.5 Å². The van der Waals surface area contributed by atoms with Crippen molar-refractivity contribution in [2.75, 3.05) is 25.4 Å². The van der Waals surface area contributed by atoms with Gasteiger partial charge in [0, 0.05) is 11.4 Å². The molecule has 1 N–H and O–H groups in total. The molecule has 1 unspecified atom stereocenters. The Balaban J connectivity index is 2.41. The molecule has 0 radical (unpaired) electrons. The third-order valence-electron chi connectivity index (χ3n) is 2.99. The standard InChI is InChI=1S/C14H25NOS2/c1-4-11-17-14-8-7-13(18-14)12(16)9-10-15(5-2)6-3/h7-8,12,16H,4-6,9-11H2,1-3H3. The predicted molar refractivity (Wildman–Crippen MR) is 82.7 cm³/mol. The zero-order valence-corrected chi connectivity index (χ0v) is 13.3. The summed E-state index contributed by atoms with van der Waals surface area (Å²) in [5, 5.41) is 10.2. The van der Waals surface area contributed by atoms with E-state index in [0.717, 1.165) is 36.7 Å². The molecule has 0 aromatic carbocycles. The molecule has 1 aromatic heterocycles. The quantitative estimate of drug-likeness (QED) is 0.694. The zero-order valence-electron chi connectivity index (χ0n) is 11.7. The monoisotopic (exact) mass is 287 g/mol. The molecule has 0 spiro atoms. The average molecular weight is 287 g/mol. The maximum atomic E-state index is 10.2. The largest absolute Gasteiger partial charge is 0.388 e. The summed E-state index contributed by atoms with van der Waals surface area (Å²) in [5.41, 5.74) is 0. The van der Waals surface area contributed by atoms with Crippen molar-refractivity contribution in [2.24, 2.45) is 0 Å². The predicted octanol–water partition coefficient (Wildman–Crippen LogP) is 4.02. The molecule has 1 atom stereocenters. The lowest BCUT2D eigenvalue weighted by Crippen LogP contribution is -2.25. The minimum Gasteiger partial charge on any atom is -0.388 e. The molecule has 1 rings (SSSR count). The van der Waals surface area contributed by atoms with Crippen molar-refractivity contribution in [3.05, 3.63) is 17.0 Å². The molecular weight excluding hydrogens is 262 g/mol. The molecule has 1 heterocycles. The van der Waals surface area contributed by atoms with Crippen molar-refractivity contribution in [2.45, 2.75) is 43.9 Å². The van der Waals surface area contributed by atoms with Crippen LogP contribution in [-0.2, 0) is 0 Å². The lowest BCUT2D eigenvalue weighted by molar-refractivity contribution is 0.148. The Kier molecular flexibility index (Phi) is 7.98. The van der Waals surface area contributed by atoms with Gasteiger partial charge in [0.2, 0.25) is 0 Å². The van der Waals surface area contributed by atoms with Crippen molar-refractivity contribution >= 4 is 23.1 Å². The third-order valence-corrected chi connectivity index (χ3v) is 5.61. The van der Waals surface area contributed by atoms with Crippen LogP contribution in [0.3, 0.4) is 0 Å². The summed E-state index contributed by atoms with van der Waals surface area (Å²) in [6.45, 7) is 9.63. The first-order chi connectivity index (χ1) is 8.71. The number of hydrogen-bond donors (Lipinski definition) is 1. The summed E-state index contributed by atoms with van der Waals surface area (Å²) in [7, 11) is 0. The number of aliphatic hydroxyl groups is 1. The first-order valence-electron chi connectivity index (χ1n) is 6.84. The van der Waals surface area contributed by atoms with E-state index < -0.39 is 0 Å². The summed E-state index contributed by atoms with van der Waals surface area (Å²) in [6, 6.07) is 4.22. The first kappa shape index (κ1) is 16.0. The Hall–Kier alpha value is -0.0300. The molecule has 18 heavy (non-hydrogen) atoms. The molecule has 104 valence electrons. The highest BCUT2D eigenvalue weighted by atomic mass is 32.2. The van der Waals surface area contributed by atoms with E-state index >= 15 is 0 Å². The molecule has 1 aromatic rings. The van der Waals surface area contributed by atoms with E-state index in [1.165, 1.54) is 10.6 Å². The smallest absolute Gasteiger partial charge is 0.0894 e. The van der Waals surface area contributed by atoms with Crippen LogP contribution >= 0.6 is 23.1 Å². The molecule has 2 nitrogen and oxygen atoms in total. The van der Waals surface area contributed by atoms with Crippen molar-refractivity contribution in [3.63, 3.8) is 0 Å². The summed E-state index contributed by atoms with van der Waals surface area (Å²) in [6.07, 6.45) is 1.73. The van der Waals surface area contributed by atoms with E-state index in [4.69, 9.17) is 0 Å². The van der Waals surface area contributed by atoms with Crippen LogP contribution in [0.15, 0.2) is 16.3 Å². The Morgan fingerprint density at radius 1 is 1.28 bits per heavy atom. The highest BCUT2D eigenvalue weighted by Gasteiger charge is 2.12. The van der Waals surface area contributed by atoms with Gasteiger partial charge in [-0.1, -0.05) is 20.8 Å². The van der Waals surface area contributed by atoms with Crippen LogP contribution in [-0.4, -0.2) is 35.4 Å². The molecule has 0 aliphatic carbocycles. The molecule has 0 aliphatic rings. The average Bonchev–Trinajstić information content (AvgIpc) is 2.86. The Morgan fingerprint density at radius 2 is 2.00 bits per heavy atom. The van der Waals surface area contributed by atoms with Gasteiger partial charge in [-0.25, -0.2) is 0 Å². The minimum absolute atomic E-state index is 0.299. The van der Waals surface area contributed by atoms with E-state index in [-0.39, 0.29) is 6.10 Å². The fourth-order valence-electron chi connectivity index (χ4n) is 1.78. The van der Waals surface area contributed by atoms with Gasteiger partial charge in [0.05, 0.1) is 10.3 Å². The maximum Gasteiger partial charge on any atom is 0.0894 e. The van der Waals surface area contributed by atoms with Crippen LogP contribution in [0.2, 0.25) is 0 Å². The van der Waals surface area contributed by atoms with Crippen LogP contribution in [0.4, 0.5) is 0 Å². The van der Waals surface area contributed by atoms with Crippen LogP contribution < -0.4 is 0 Å². The van der Waals surface area contributed by atoms with Crippen LogP contribution in [0.5, 0.6) is 0 Å². The van der Waals surface area contributed by atoms with Crippen LogP contribution in [0.25, 0.3) is 0 Å². The molecule has 4 heteroatoms. The second-order valence-electron chi connectivity index (χ2n) is 4.34. The highest BCUT2D eigenvalue weighted by molar-refractivity contribution is 8.01. The first-order valence-corrected chi connectivity index (χ1v) is 8.64. The van der Waals surface area contributed by atoms with Crippen molar-refractivity contribution in [1.29, 1.82) is 0 Å². The fraction of sp³-hybridized carbons (Fsp3) is 0.714. The van der Waals surface area contributed by atoms with Gasteiger partial charge in [0.1, 0.15) is 0 Å². The molecule has 0 saturated carbocycles. The van der Waals surface area contributed by atoms with Crippen molar-refractivity contribution in [1.82, 2.24) is 4.90 Å². The van der Waals surface area contributed by atoms with E-state index in [2.05, 4.69) is 37.8 Å². The fourth-order valence-corrected chi connectivity index (χ4v) is 3.88. The van der Waals surface area contributed by atoms with Crippen LogP contribution in [0.1, 0.15) is 44.6 Å². The second kappa shape index (κ2) is 8.97. The van der Waals surface area contributed by atoms with Crippen molar-refractivity contribution < 1.29 is 5.11 Å². The van der Waals surface area contributed by atoms with Gasteiger partial charge in [0.15, 0.2) is 0 Å². The Morgan fingerprint density at radius 3 is 2.61 bits per heavy atom. The lowest BCUT2D eigenvalue weighted by Gasteiger charge is -2.19. The summed E-state index contributed by atoms with van der Waals surface area (Å²) >= 11 is 3.63. The van der Waals surface area contributed by atoms with E-state index in [0.29, 0.717) is 0 Å². The summed E-state index contributed by atoms with van der Waals surface area (Å²) in [5.74, 6) is 1.16. The number of hydrogen-bond acceptors (Lipinski definition) is 4. The minimum atomic E-state index is -0.299. The number of thioether (sulfide) groups is 1. The molecule has 0 saturated heterocycles. The summed E-state index contributed by atoms with van der Waals surface area (Å²) in [4.78, 5) is 3.46. The highest BCUT2D eigenvalue weighted by Crippen LogP contribution is 2.32. The lowest BCUT2D eigenvalue weighted by atomic mass is 10.2. The SMILES string of the molecule is CCCSc1ccc(C(O)CCN(CC)CC)s1. The van der Waals surface area contributed by atoms with Gasteiger partial charge in [-0.15, -0.1) is 23.1 Å². The number of rotatable bonds is 9. The molecule has 0 bridgehead atoms. The van der Waals surface area contributed by atoms with E-state index in [9.17, 15) is 5.11 Å². The third kappa shape index (κ3) is 5.31. The van der Waals surface area contributed by atoms with Crippen molar-refractivity contribution in [3.8, 4) is 0 Å². The van der Waals surface area contributed by atoms with Gasteiger partial charge in [-0.2, -0.15) is 0 Å². The van der Waals surface area contributed by atoms with Gasteiger partial charge in [-0.3, -0.25) is 0 Å². The molecular formula is C14H25NOS2. The molecule has 0 aliphatic heterocycles. The van der Waals surface area contributed by atoms with Gasteiger partial charge in [0.25, 0.3) is 0 Å². The van der Waals surface area contributed by atoms with Gasteiger partial charge in [-0.05, 0) is 43.8 Å². The second-order valence-corrected chi connectivity index (χ2v) is 6.85. The van der Waals surface area contributed by atoms with Gasteiger partial charge < -0.3 is 10.0 Å². The van der Waals surface area contributed by atoms with E-state index in [1.54, 1.807) is 11.3 Å². The summed E-state index contributed by atoms with van der Waals surface area (Å²) < 4.78 is 1.33. The van der Waals surface area contributed by atoms with E-state index in [1.807, 2.05) is 11.8 Å². The number of nitrogens with zero attached hydrogens (tertiary/aromatic N) is 1.